The van der Waals surface area contributed by atoms with Crippen LogP contribution >= 0.6 is 0 Å². The topological polar surface area (TPSA) is 12.0 Å². The zero-order chi connectivity index (χ0) is 12.9. The van der Waals surface area contributed by atoms with Gasteiger partial charge in [0.2, 0.25) is 0 Å². The Bertz CT molecular complexity index is 330. The molecule has 1 aromatic rings. The second-order valence-corrected chi connectivity index (χ2v) is 4.18. The van der Waals surface area contributed by atoms with Gasteiger partial charge in [0, 0.05) is 6.04 Å². The van der Waals surface area contributed by atoms with Gasteiger partial charge in [-0.1, -0.05) is 31.2 Å². The van der Waals surface area contributed by atoms with Crippen LogP contribution in [0.15, 0.2) is 24.3 Å². The molecule has 0 radical (unpaired) electrons. The highest BCUT2D eigenvalue weighted by atomic mass is 19.4. The lowest BCUT2D eigenvalue weighted by Crippen LogP contribution is -2.32. The van der Waals surface area contributed by atoms with E-state index in [2.05, 4.69) is 12.2 Å². The fraction of sp³-hybridized carbons (Fsp3) is 0.538. The molecular weight excluding hydrogens is 227 g/mol. The summed E-state index contributed by atoms with van der Waals surface area (Å²) in [4.78, 5) is 0. The van der Waals surface area contributed by atoms with Crippen LogP contribution in [0.1, 0.15) is 24.5 Å². The van der Waals surface area contributed by atoms with E-state index in [1.54, 1.807) is 7.05 Å². The number of hydrogen-bond acceptors (Lipinski definition) is 1. The van der Waals surface area contributed by atoms with Crippen LogP contribution in [0.3, 0.4) is 0 Å². The summed E-state index contributed by atoms with van der Waals surface area (Å²) in [6, 6.07) is 7.19. The number of benzene rings is 1. The monoisotopic (exact) mass is 245 g/mol. The van der Waals surface area contributed by atoms with Gasteiger partial charge in [0.25, 0.3) is 0 Å². The lowest BCUT2D eigenvalue weighted by Gasteiger charge is -2.18. The van der Waals surface area contributed by atoms with Crippen molar-refractivity contribution in [1.82, 2.24) is 5.32 Å². The molecule has 1 N–H and O–H groups in total. The molecule has 0 amide bonds. The van der Waals surface area contributed by atoms with E-state index in [-0.39, 0.29) is 0 Å². The first-order valence-electron chi connectivity index (χ1n) is 5.76. The number of hydrogen-bond donors (Lipinski definition) is 1. The van der Waals surface area contributed by atoms with Crippen molar-refractivity contribution in [1.29, 1.82) is 0 Å². The van der Waals surface area contributed by atoms with Gasteiger partial charge in [0.15, 0.2) is 0 Å². The second kappa shape index (κ2) is 6.05. The SMILES string of the molecule is CCc1ccc(CC(CC(F)(F)F)NC)cc1. The van der Waals surface area contributed by atoms with E-state index >= 15 is 0 Å². The highest BCUT2D eigenvalue weighted by Gasteiger charge is 2.31. The van der Waals surface area contributed by atoms with E-state index in [0.717, 1.165) is 12.0 Å². The lowest BCUT2D eigenvalue weighted by atomic mass is 10.0. The Balaban J connectivity index is 2.61. The Morgan fingerprint density at radius 2 is 1.65 bits per heavy atom. The highest BCUT2D eigenvalue weighted by molar-refractivity contribution is 5.23. The third-order valence-corrected chi connectivity index (χ3v) is 2.80. The minimum atomic E-state index is -4.11. The fourth-order valence-corrected chi connectivity index (χ4v) is 1.75. The molecule has 1 unspecified atom stereocenters. The Labute approximate surface area is 100 Å². The summed E-state index contributed by atoms with van der Waals surface area (Å²) in [6.45, 7) is 2.05. The summed E-state index contributed by atoms with van der Waals surface area (Å²) in [5.41, 5.74) is 2.14. The quantitative estimate of drug-likeness (QED) is 0.839. The molecular formula is C13H18F3N. The maximum absolute atomic E-state index is 12.3. The van der Waals surface area contributed by atoms with Crippen LogP contribution < -0.4 is 5.32 Å². The summed E-state index contributed by atoms with van der Waals surface area (Å²) in [7, 11) is 1.57. The van der Waals surface area contributed by atoms with Gasteiger partial charge in [-0.25, -0.2) is 0 Å². The van der Waals surface area contributed by atoms with Crippen LogP contribution in [0.5, 0.6) is 0 Å². The summed E-state index contributed by atoms with van der Waals surface area (Å²) in [5.74, 6) is 0. The first kappa shape index (κ1) is 14.0. The first-order valence-corrected chi connectivity index (χ1v) is 5.76. The van der Waals surface area contributed by atoms with Gasteiger partial charge in [0.05, 0.1) is 6.42 Å². The predicted molar refractivity (Wildman–Crippen MR) is 63.0 cm³/mol. The molecule has 1 rings (SSSR count). The summed E-state index contributed by atoms with van der Waals surface area (Å²) >= 11 is 0. The minimum Gasteiger partial charge on any atom is -0.316 e. The van der Waals surface area contributed by atoms with Crippen LogP contribution in [-0.4, -0.2) is 19.3 Å². The molecule has 0 heterocycles. The Kier molecular flexibility index (Phi) is 5.00. The number of halogens is 3. The lowest BCUT2D eigenvalue weighted by molar-refractivity contribution is -0.139. The average molecular weight is 245 g/mol. The van der Waals surface area contributed by atoms with Gasteiger partial charge >= 0.3 is 6.18 Å². The Hall–Kier alpha value is -1.03. The van der Waals surface area contributed by atoms with Crippen molar-refractivity contribution in [2.75, 3.05) is 7.05 Å². The van der Waals surface area contributed by atoms with E-state index in [4.69, 9.17) is 0 Å². The van der Waals surface area contributed by atoms with E-state index in [9.17, 15) is 13.2 Å². The largest absolute Gasteiger partial charge is 0.390 e. The van der Waals surface area contributed by atoms with Crippen LogP contribution in [0.25, 0.3) is 0 Å². The van der Waals surface area contributed by atoms with E-state index in [1.807, 2.05) is 24.3 Å². The van der Waals surface area contributed by atoms with Crippen LogP contribution in [0, 0.1) is 0 Å². The van der Waals surface area contributed by atoms with Crippen molar-refractivity contribution < 1.29 is 13.2 Å². The standard InChI is InChI=1S/C13H18F3N/c1-3-10-4-6-11(7-5-10)8-12(17-2)9-13(14,15)16/h4-7,12,17H,3,8-9H2,1-2H3. The Morgan fingerprint density at radius 1 is 1.12 bits per heavy atom. The maximum atomic E-state index is 12.3. The second-order valence-electron chi connectivity index (χ2n) is 4.18. The predicted octanol–water partition coefficient (Wildman–Crippen LogP) is 3.33. The van der Waals surface area contributed by atoms with Gasteiger partial charge in [-0.05, 0) is 31.0 Å². The molecule has 0 fully saturated rings. The van der Waals surface area contributed by atoms with E-state index < -0.39 is 18.6 Å². The van der Waals surface area contributed by atoms with Crippen molar-refractivity contribution in [3.8, 4) is 0 Å². The third-order valence-electron chi connectivity index (χ3n) is 2.80. The van der Waals surface area contributed by atoms with Crippen LogP contribution in [0.4, 0.5) is 13.2 Å². The highest BCUT2D eigenvalue weighted by Crippen LogP contribution is 2.23. The summed E-state index contributed by atoms with van der Waals surface area (Å²) < 4.78 is 36.8. The van der Waals surface area contributed by atoms with Crippen LogP contribution in [-0.2, 0) is 12.8 Å². The molecule has 0 aliphatic carbocycles. The van der Waals surface area contributed by atoms with Crippen LogP contribution in [0.2, 0.25) is 0 Å². The molecule has 1 aromatic carbocycles. The number of rotatable bonds is 5. The number of aryl methyl sites for hydroxylation is 1. The third kappa shape index (κ3) is 5.22. The molecule has 1 atom stereocenters. The van der Waals surface area contributed by atoms with Gasteiger partial charge in [-0.3, -0.25) is 0 Å². The molecule has 0 aliphatic rings. The zero-order valence-electron chi connectivity index (χ0n) is 10.1. The number of nitrogens with one attached hydrogen (secondary N) is 1. The van der Waals surface area contributed by atoms with E-state index in [1.165, 1.54) is 5.56 Å². The van der Waals surface area contributed by atoms with Gasteiger partial charge in [0.1, 0.15) is 0 Å². The molecule has 0 aliphatic heterocycles. The van der Waals surface area contributed by atoms with Crippen molar-refractivity contribution in [3.63, 3.8) is 0 Å². The van der Waals surface area contributed by atoms with Crippen molar-refractivity contribution in [3.05, 3.63) is 35.4 Å². The average Bonchev–Trinajstić information content (AvgIpc) is 2.27. The van der Waals surface area contributed by atoms with Crippen molar-refractivity contribution in [2.24, 2.45) is 0 Å². The number of alkyl halides is 3. The molecule has 17 heavy (non-hydrogen) atoms. The molecule has 1 nitrogen and oxygen atoms in total. The summed E-state index contributed by atoms with van der Waals surface area (Å²) in [6.07, 6.45) is -3.56. The summed E-state index contributed by atoms with van der Waals surface area (Å²) in [5, 5.41) is 2.72. The van der Waals surface area contributed by atoms with Crippen molar-refractivity contribution in [2.45, 2.75) is 38.4 Å². The fourth-order valence-electron chi connectivity index (χ4n) is 1.75. The molecule has 0 bridgehead atoms. The molecule has 0 saturated carbocycles. The Morgan fingerprint density at radius 3 is 2.06 bits per heavy atom. The maximum Gasteiger partial charge on any atom is 0.390 e. The first-order chi connectivity index (χ1) is 7.94. The zero-order valence-corrected chi connectivity index (χ0v) is 10.1. The molecule has 4 heteroatoms. The molecule has 96 valence electrons. The van der Waals surface area contributed by atoms with Gasteiger partial charge in [-0.2, -0.15) is 13.2 Å². The van der Waals surface area contributed by atoms with Crippen molar-refractivity contribution >= 4 is 0 Å². The normalized spacial score (nSPS) is 13.7. The molecule has 0 spiro atoms. The van der Waals surface area contributed by atoms with Gasteiger partial charge < -0.3 is 5.32 Å². The molecule has 0 saturated heterocycles. The minimum absolute atomic E-state index is 0.403. The van der Waals surface area contributed by atoms with E-state index in [0.29, 0.717) is 6.42 Å². The smallest absolute Gasteiger partial charge is 0.316 e. The van der Waals surface area contributed by atoms with Gasteiger partial charge in [-0.15, -0.1) is 0 Å². The molecule has 0 aromatic heterocycles. The number of likely N-dealkylation sites (N-methyl/N-ethyl adjacent to an activating group) is 1.